The second-order valence-corrected chi connectivity index (χ2v) is 4.31. The van der Waals surface area contributed by atoms with Gasteiger partial charge in [-0.15, -0.1) is 0 Å². The molecule has 1 aliphatic rings. The number of carbonyl (C=O) groups excluding carboxylic acids is 3. The van der Waals surface area contributed by atoms with E-state index >= 15 is 0 Å². The molecular formula is C11H17N3O5. The van der Waals surface area contributed by atoms with Crippen LogP contribution >= 0.6 is 0 Å². The third kappa shape index (κ3) is 4.57. The van der Waals surface area contributed by atoms with Gasteiger partial charge in [0, 0.05) is 0 Å². The maximum Gasteiger partial charge on any atom is 0.326 e. The summed E-state index contributed by atoms with van der Waals surface area (Å²) in [5, 5.41) is 13.3. The van der Waals surface area contributed by atoms with Gasteiger partial charge in [-0.1, -0.05) is 19.8 Å². The zero-order valence-electron chi connectivity index (χ0n) is 10.6. The summed E-state index contributed by atoms with van der Waals surface area (Å²) in [6.45, 7) is 1.41. The second kappa shape index (κ2) is 6.72. The minimum absolute atomic E-state index is 0.252. The Morgan fingerprint density at radius 3 is 2.42 bits per heavy atom. The summed E-state index contributed by atoms with van der Waals surface area (Å²) in [6, 6.07) is -1.72. The van der Waals surface area contributed by atoms with Crippen molar-refractivity contribution in [3.05, 3.63) is 0 Å². The summed E-state index contributed by atoms with van der Waals surface area (Å²) >= 11 is 0. The molecule has 19 heavy (non-hydrogen) atoms. The van der Waals surface area contributed by atoms with Crippen LogP contribution in [0.4, 0.5) is 4.79 Å². The molecule has 8 heteroatoms. The highest BCUT2D eigenvalue weighted by molar-refractivity contribution is 6.02. The van der Waals surface area contributed by atoms with E-state index in [0.717, 1.165) is 11.3 Å². The van der Waals surface area contributed by atoms with Crippen molar-refractivity contribution in [3.8, 4) is 0 Å². The Morgan fingerprint density at radius 1 is 1.37 bits per heavy atom. The van der Waals surface area contributed by atoms with Crippen LogP contribution in [0.1, 0.15) is 26.2 Å². The zero-order valence-corrected chi connectivity index (χ0v) is 10.6. The Balaban J connectivity index is 2.58. The lowest BCUT2D eigenvalue weighted by molar-refractivity contribution is -0.139. The number of unbranched alkanes of at least 4 members (excludes halogenated alkanes) is 1. The number of amides is 4. The smallest absolute Gasteiger partial charge is 0.326 e. The van der Waals surface area contributed by atoms with Crippen molar-refractivity contribution in [1.29, 1.82) is 0 Å². The molecule has 0 aromatic carbocycles. The molecule has 0 aromatic heterocycles. The molecule has 1 saturated heterocycles. The maximum absolute atomic E-state index is 11.8. The molecule has 8 nitrogen and oxygen atoms in total. The Morgan fingerprint density at radius 2 is 1.95 bits per heavy atom. The van der Waals surface area contributed by atoms with Crippen LogP contribution in [0.3, 0.4) is 0 Å². The summed E-state index contributed by atoms with van der Waals surface area (Å²) < 4.78 is 0. The molecule has 1 aliphatic heterocycles. The highest BCUT2D eigenvalue weighted by Gasteiger charge is 2.29. The lowest BCUT2D eigenvalue weighted by Crippen LogP contribution is -2.57. The number of carboxylic acids is 1. The number of nitrogens with one attached hydrogen (secondary N) is 2. The Labute approximate surface area is 110 Å². The minimum atomic E-state index is -1.13. The van der Waals surface area contributed by atoms with Gasteiger partial charge in [0.1, 0.15) is 19.1 Å². The van der Waals surface area contributed by atoms with E-state index in [4.69, 9.17) is 5.11 Å². The van der Waals surface area contributed by atoms with Gasteiger partial charge in [-0.3, -0.25) is 14.9 Å². The Hall–Kier alpha value is -2.12. The van der Waals surface area contributed by atoms with Crippen molar-refractivity contribution in [3.63, 3.8) is 0 Å². The summed E-state index contributed by atoms with van der Waals surface area (Å²) in [7, 11) is 0. The number of imide groups is 1. The largest absolute Gasteiger partial charge is 0.480 e. The van der Waals surface area contributed by atoms with Crippen molar-refractivity contribution < 1.29 is 24.3 Å². The normalized spacial score (nSPS) is 16.8. The van der Waals surface area contributed by atoms with E-state index in [1.807, 2.05) is 6.92 Å². The first-order valence-corrected chi connectivity index (χ1v) is 6.05. The number of hydrogen-bond donors (Lipinski definition) is 3. The molecule has 0 aromatic rings. The van der Waals surface area contributed by atoms with Gasteiger partial charge >= 0.3 is 12.0 Å². The molecule has 0 spiro atoms. The first-order chi connectivity index (χ1) is 8.93. The van der Waals surface area contributed by atoms with E-state index in [-0.39, 0.29) is 13.1 Å². The zero-order chi connectivity index (χ0) is 14.4. The third-order valence-corrected chi connectivity index (χ3v) is 2.68. The topological polar surface area (TPSA) is 116 Å². The average Bonchev–Trinajstić information content (AvgIpc) is 2.32. The monoisotopic (exact) mass is 271 g/mol. The number of carboxylic acid groups (broad SMARTS) is 1. The third-order valence-electron chi connectivity index (χ3n) is 2.68. The van der Waals surface area contributed by atoms with Crippen LogP contribution in [0, 0.1) is 0 Å². The molecule has 3 N–H and O–H groups in total. The van der Waals surface area contributed by atoms with Crippen LogP contribution in [0.15, 0.2) is 0 Å². The highest BCUT2D eigenvalue weighted by Crippen LogP contribution is 2.03. The van der Waals surface area contributed by atoms with Crippen LogP contribution in [0.2, 0.25) is 0 Å². The average molecular weight is 271 g/mol. The molecule has 106 valence electrons. The van der Waals surface area contributed by atoms with Gasteiger partial charge in [-0.2, -0.15) is 0 Å². The van der Waals surface area contributed by atoms with Crippen LogP contribution in [-0.4, -0.2) is 53.0 Å². The van der Waals surface area contributed by atoms with Gasteiger partial charge in [0.2, 0.25) is 11.8 Å². The quantitative estimate of drug-likeness (QED) is 0.572. The first kappa shape index (κ1) is 14.9. The van der Waals surface area contributed by atoms with Crippen molar-refractivity contribution in [2.24, 2.45) is 0 Å². The van der Waals surface area contributed by atoms with E-state index in [1.54, 1.807) is 0 Å². The van der Waals surface area contributed by atoms with Gasteiger partial charge in [-0.25, -0.2) is 9.59 Å². The molecule has 4 amide bonds. The fourth-order valence-corrected chi connectivity index (χ4v) is 1.69. The predicted octanol–water partition coefficient (Wildman–Crippen LogP) is -0.702. The predicted molar refractivity (Wildman–Crippen MR) is 64.2 cm³/mol. The van der Waals surface area contributed by atoms with Gasteiger partial charge in [0.15, 0.2) is 0 Å². The molecule has 0 radical (unpaired) electrons. The van der Waals surface area contributed by atoms with Gasteiger partial charge in [0.25, 0.3) is 0 Å². The second-order valence-electron chi connectivity index (χ2n) is 4.31. The number of urea groups is 1. The van der Waals surface area contributed by atoms with Crippen molar-refractivity contribution in [1.82, 2.24) is 15.5 Å². The van der Waals surface area contributed by atoms with Crippen LogP contribution in [-0.2, 0) is 14.4 Å². The summed E-state index contributed by atoms with van der Waals surface area (Å²) in [6.07, 6.45) is 1.78. The summed E-state index contributed by atoms with van der Waals surface area (Å²) in [5.74, 6) is -2.28. The first-order valence-electron chi connectivity index (χ1n) is 6.05. The molecule has 0 aliphatic carbocycles. The van der Waals surface area contributed by atoms with E-state index < -0.39 is 29.9 Å². The number of rotatable bonds is 5. The number of nitrogens with zero attached hydrogens (tertiary/aromatic N) is 1. The van der Waals surface area contributed by atoms with Crippen molar-refractivity contribution in [2.75, 3.05) is 13.1 Å². The van der Waals surface area contributed by atoms with Crippen LogP contribution in [0.25, 0.3) is 0 Å². The molecule has 0 unspecified atom stereocenters. The Bertz CT molecular complexity index is 380. The van der Waals surface area contributed by atoms with Crippen molar-refractivity contribution >= 4 is 23.8 Å². The molecule has 1 rings (SSSR count). The standard InChI is InChI=1S/C11H17N3O5/c1-2-3-4-7(10(17)18)12-11(19)14-5-8(15)13-9(16)6-14/h7H,2-6H2,1H3,(H,12,19)(H,17,18)(H,13,15,16)/t7-/m0/s1. The van der Waals surface area contributed by atoms with Crippen LogP contribution < -0.4 is 10.6 Å². The Kier molecular flexibility index (Phi) is 5.28. The van der Waals surface area contributed by atoms with Crippen LogP contribution in [0.5, 0.6) is 0 Å². The molecule has 1 atom stereocenters. The summed E-state index contributed by atoms with van der Waals surface area (Å²) in [4.78, 5) is 46.0. The molecule has 0 bridgehead atoms. The molecule has 1 fully saturated rings. The van der Waals surface area contributed by atoms with E-state index in [1.165, 1.54) is 0 Å². The molecule has 1 heterocycles. The van der Waals surface area contributed by atoms with E-state index in [0.29, 0.717) is 12.8 Å². The molecule has 0 saturated carbocycles. The number of hydrogen-bond acceptors (Lipinski definition) is 4. The lowest BCUT2D eigenvalue weighted by Gasteiger charge is -2.27. The van der Waals surface area contributed by atoms with Gasteiger partial charge in [0.05, 0.1) is 0 Å². The lowest BCUT2D eigenvalue weighted by atomic mass is 10.1. The maximum atomic E-state index is 11.8. The minimum Gasteiger partial charge on any atom is -0.480 e. The van der Waals surface area contributed by atoms with E-state index in [9.17, 15) is 19.2 Å². The summed E-state index contributed by atoms with van der Waals surface area (Å²) in [5.41, 5.74) is 0. The number of piperazine rings is 1. The van der Waals surface area contributed by atoms with Gasteiger partial charge < -0.3 is 15.3 Å². The highest BCUT2D eigenvalue weighted by atomic mass is 16.4. The number of carbonyl (C=O) groups is 4. The fourth-order valence-electron chi connectivity index (χ4n) is 1.69. The van der Waals surface area contributed by atoms with Crippen molar-refractivity contribution in [2.45, 2.75) is 32.2 Å². The van der Waals surface area contributed by atoms with Gasteiger partial charge in [-0.05, 0) is 6.42 Å². The molecular weight excluding hydrogens is 254 g/mol. The number of aliphatic carboxylic acids is 1. The SMILES string of the molecule is CCCC[C@H](NC(=O)N1CC(=O)NC(=O)C1)C(=O)O. The fraction of sp³-hybridized carbons (Fsp3) is 0.636. The van der Waals surface area contributed by atoms with E-state index in [2.05, 4.69) is 10.6 Å².